The number of aryl methyl sites for hydroxylation is 1. The Balaban J connectivity index is 1.74. The van der Waals surface area contributed by atoms with E-state index in [1.54, 1.807) is 6.07 Å². The molecule has 0 spiro atoms. The Morgan fingerprint density at radius 2 is 2.13 bits per heavy atom. The zero-order valence-electron chi connectivity index (χ0n) is 12.1. The molecule has 23 heavy (non-hydrogen) atoms. The molecule has 3 heterocycles. The summed E-state index contributed by atoms with van der Waals surface area (Å²) in [6, 6.07) is 9.21. The van der Waals surface area contributed by atoms with Crippen molar-refractivity contribution in [2.24, 2.45) is 0 Å². The number of amides is 1. The summed E-state index contributed by atoms with van der Waals surface area (Å²) in [7, 11) is 0. The molecule has 0 bridgehead atoms. The number of hydrogen-bond donors (Lipinski definition) is 1. The lowest BCUT2D eigenvalue weighted by atomic mass is 9.96. The number of fused-ring (bicyclic) bond motifs is 3. The number of carbonyl (C=O) groups is 2. The van der Waals surface area contributed by atoms with Crippen LogP contribution in [0.1, 0.15) is 18.2 Å². The van der Waals surface area contributed by atoms with E-state index in [2.05, 4.69) is 20.3 Å². The van der Waals surface area contributed by atoms with Crippen LogP contribution in [0.4, 0.5) is 5.82 Å². The average Bonchev–Trinajstić information content (AvgIpc) is 2.93. The molecule has 1 atom stereocenters. The monoisotopic (exact) mass is 307 g/mol. The van der Waals surface area contributed by atoms with Gasteiger partial charge in [0.2, 0.25) is 5.91 Å². The number of anilines is 1. The largest absolute Gasteiger partial charge is 0.326 e. The lowest BCUT2D eigenvalue weighted by Crippen LogP contribution is -2.34. The van der Waals surface area contributed by atoms with Crippen molar-refractivity contribution in [3.63, 3.8) is 0 Å². The Hall–Kier alpha value is -3.09. The number of rotatable bonds is 2. The molecule has 7 nitrogen and oxygen atoms in total. The first kappa shape index (κ1) is 13.6. The van der Waals surface area contributed by atoms with E-state index < -0.39 is 11.8 Å². The van der Waals surface area contributed by atoms with Crippen LogP contribution in [-0.4, -0.2) is 31.2 Å². The summed E-state index contributed by atoms with van der Waals surface area (Å²) in [5, 5.41) is 2.66. The highest BCUT2D eigenvalue weighted by molar-refractivity contribution is 6.11. The molecule has 0 radical (unpaired) electrons. The van der Waals surface area contributed by atoms with E-state index in [-0.39, 0.29) is 5.78 Å². The first-order valence-electron chi connectivity index (χ1n) is 7.29. The van der Waals surface area contributed by atoms with E-state index in [1.165, 1.54) is 12.5 Å². The van der Waals surface area contributed by atoms with Crippen LogP contribution in [0.25, 0.3) is 11.0 Å². The molecular weight excluding hydrogens is 294 g/mol. The zero-order valence-corrected chi connectivity index (χ0v) is 12.1. The minimum Gasteiger partial charge on any atom is -0.326 e. The molecule has 0 aliphatic carbocycles. The molecule has 1 aromatic carbocycles. The molecule has 0 saturated carbocycles. The third kappa shape index (κ3) is 2.26. The molecule has 7 heteroatoms. The number of benzene rings is 1. The Morgan fingerprint density at radius 3 is 2.96 bits per heavy atom. The highest BCUT2D eigenvalue weighted by atomic mass is 16.2. The molecule has 1 aliphatic rings. The van der Waals surface area contributed by atoms with Crippen molar-refractivity contribution in [1.82, 2.24) is 19.5 Å². The Morgan fingerprint density at radius 1 is 1.26 bits per heavy atom. The molecule has 1 amide bonds. The SMILES string of the molecule is O=C1CCn2c(nc3ccccc32)C1C(=O)Nc1ccncn1. The van der Waals surface area contributed by atoms with Crippen molar-refractivity contribution < 1.29 is 9.59 Å². The van der Waals surface area contributed by atoms with Gasteiger partial charge in [-0.15, -0.1) is 0 Å². The third-order valence-corrected chi connectivity index (χ3v) is 3.94. The highest BCUT2D eigenvalue weighted by Crippen LogP contribution is 2.29. The molecule has 0 saturated heterocycles. The summed E-state index contributed by atoms with van der Waals surface area (Å²) < 4.78 is 1.95. The quantitative estimate of drug-likeness (QED) is 0.725. The number of aromatic nitrogens is 4. The van der Waals surface area contributed by atoms with Gasteiger partial charge in [-0.2, -0.15) is 0 Å². The second-order valence-corrected chi connectivity index (χ2v) is 5.34. The first-order chi connectivity index (χ1) is 11.2. The normalized spacial score (nSPS) is 17.0. The predicted molar refractivity (Wildman–Crippen MR) is 82.8 cm³/mol. The van der Waals surface area contributed by atoms with E-state index in [0.29, 0.717) is 24.6 Å². The minimum atomic E-state index is -0.911. The Kier molecular flexibility index (Phi) is 3.11. The van der Waals surface area contributed by atoms with Crippen LogP contribution < -0.4 is 5.32 Å². The van der Waals surface area contributed by atoms with Crippen molar-refractivity contribution in [2.45, 2.75) is 18.9 Å². The third-order valence-electron chi connectivity index (χ3n) is 3.94. The van der Waals surface area contributed by atoms with Crippen LogP contribution in [0.5, 0.6) is 0 Å². The number of hydrogen-bond acceptors (Lipinski definition) is 5. The molecule has 1 unspecified atom stereocenters. The van der Waals surface area contributed by atoms with Crippen molar-refractivity contribution in [1.29, 1.82) is 0 Å². The standard InChI is InChI=1S/C16H13N5O2/c22-12-6-8-21-11-4-2-1-3-10(11)19-15(21)14(12)16(23)20-13-5-7-17-9-18-13/h1-5,7,9,14H,6,8H2,(H,17,18,20,23). The van der Waals surface area contributed by atoms with Crippen LogP contribution in [0, 0.1) is 0 Å². The van der Waals surface area contributed by atoms with E-state index in [4.69, 9.17) is 0 Å². The maximum atomic E-state index is 12.6. The maximum Gasteiger partial charge on any atom is 0.243 e. The lowest BCUT2D eigenvalue weighted by Gasteiger charge is -2.21. The van der Waals surface area contributed by atoms with Gasteiger partial charge < -0.3 is 9.88 Å². The molecule has 0 fully saturated rings. The summed E-state index contributed by atoms with van der Waals surface area (Å²) in [5.41, 5.74) is 1.73. The van der Waals surface area contributed by atoms with Crippen LogP contribution in [0.3, 0.4) is 0 Å². The van der Waals surface area contributed by atoms with Crippen LogP contribution in [0.2, 0.25) is 0 Å². The van der Waals surface area contributed by atoms with Gasteiger partial charge in [0.1, 0.15) is 18.0 Å². The summed E-state index contributed by atoms with van der Waals surface area (Å²) in [5.74, 6) is -0.588. The second-order valence-electron chi connectivity index (χ2n) is 5.34. The number of para-hydroxylation sites is 2. The van der Waals surface area contributed by atoms with Gasteiger partial charge in [0.15, 0.2) is 11.7 Å². The Bertz CT molecular complexity index is 903. The molecule has 3 aromatic rings. The fraction of sp³-hybridized carbons (Fsp3) is 0.188. The van der Waals surface area contributed by atoms with E-state index >= 15 is 0 Å². The van der Waals surface area contributed by atoms with E-state index in [1.807, 2.05) is 28.8 Å². The number of ketones is 1. The Labute approximate surface area is 131 Å². The summed E-state index contributed by atoms with van der Waals surface area (Å²) in [6.07, 6.45) is 3.18. The molecule has 1 N–H and O–H groups in total. The fourth-order valence-corrected chi connectivity index (χ4v) is 2.89. The molecule has 1 aliphatic heterocycles. The molecular formula is C16H13N5O2. The van der Waals surface area contributed by atoms with Gasteiger partial charge in [-0.3, -0.25) is 9.59 Å². The second kappa shape index (κ2) is 5.28. The predicted octanol–water partition coefficient (Wildman–Crippen LogP) is 1.52. The average molecular weight is 307 g/mol. The molecule has 114 valence electrons. The summed E-state index contributed by atoms with van der Waals surface area (Å²) in [6.45, 7) is 0.548. The highest BCUT2D eigenvalue weighted by Gasteiger charge is 2.36. The molecule has 2 aromatic heterocycles. The number of Topliss-reactive ketones (excluding diaryl/α,β-unsaturated/α-hetero) is 1. The fourth-order valence-electron chi connectivity index (χ4n) is 2.89. The minimum absolute atomic E-state index is 0.126. The van der Waals surface area contributed by atoms with Crippen molar-refractivity contribution in [2.75, 3.05) is 5.32 Å². The van der Waals surface area contributed by atoms with Gasteiger partial charge in [0, 0.05) is 19.2 Å². The van der Waals surface area contributed by atoms with Crippen molar-refractivity contribution >= 4 is 28.5 Å². The van der Waals surface area contributed by atoms with Gasteiger partial charge in [0.05, 0.1) is 11.0 Å². The van der Waals surface area contributed by atoms with Crippen LogP contribution in [0.15, 0.2) is 42.9 Å². The van der Waals surface area contributed by atoms with Crippen molar-refractivity contribution in [3.05, 3.63) is 48.7 Å². The van der Waals surface area contributed by atoms with Gasteiger partial charge in [-0.1, -0.05) is 12.1 Å². The van der Waals surface area contributed by atoms with Crippen LogP contribution >= 0.6 is 0 Å². The van der Waals surface area contributed by atoms with Gasteiger partial charge in [-0.25, -0.2) is 15.0 Å². The molecule has 4 rings (SSSR count). The number of carbonyl (C=O) groups excluding carboxylic acids is 2. The number of nitrogens with one attached hydrogen (secondary N) is 1. The first-order valence-corrected chi connectivity index (χ1v) is 7.29. The van der Waals surface area contributed by atoms with Gasteiger partial charge in [-0.05, 0) is 18.2 Å². The zero-order chi connectivity index (χ0) is 15.8. The van der Waals surface area contributed by atoms with Gasteiger partial charge in [0.25, 0.3) is 0 Å². The lowest BCUT2D eigenvalue weighted by molar-refractivity contribution is -0.128. The smallest absolute Gasteiger partial charge is 0.243 e. The van der Waals surface area contributed by atoms with Gasteiger partial charge >= 0.3 is 0 Å². The number of imidazole rings is 1. The summed E-state index contributed by atoms with van der Waals surface area (Å²) in [4.78, 5) is 37.1. The maximum absolute atomic E-state index is 12.6. The topological polar surface area (TPSA) is 89.8 Å². The summed E-state index contributed by atoms with van der Waals surface area (Å²) >= 11 is 0. The van der Waals surface area contributed by atoms with E-state index in [9.17, 15) is 9.59 Å². The van der Waals surface area contributed by atoms with Crippen LogP contribution in [-0.2, 0) is 16.1 Å². The van der Waals surface area contributed by atoms with Crippen molar-refractivity contribution in [3.8, 4) is 0 Å². The number of nitrogens with zero attached hydrogens (tertiary/aromatic N) is 4. The van der Waals surface area contributed by atoms with E-state index in [0.717, 1.165) is 11.0 Å².